The summed E-state index contributed by atoms with van der Waals surface area (Å²) in [6, 6.07) is 11.9. The van der Waals surface area contributed by atoms with E-state index >= 15 is 0 Å². The number of halogens is 2. The van der Waals surface area contributed by atoms with E-state index in [2.05, 4.69) is 47.0 Å². The zero-order valence-electron chi connectivity index (χ0n) is 44.4. The van der Waals surface area contributed by atoms with Crippen LogP contribution >= 0.6 is 0 Å². The van der Waals surface area contributed by atoms with E-state index in [1.54, 1.807) is 54.7 Å². The fraction of sp³-hybridized carbons (Fsp3) is 0.436. The molecule has 4 atom stereocenters. The maximum absolute atomic E-state index is 14.3. The highest BCUT2D eigenvalue weighted by Crippen LogP contribution is 2.34. The Hall–Kier alpha value is -8.53. The lowest BCUT2D eigenvalue weighted by molar-refractivity contribution is -0.157. The van der Waals surface area contributed by atoms with Crippen molar-refractivity contribution in [2.24, 2.45) is 5.92 Å². The molecule has 0 bridgehead atoms. The average molecular weight is 1140 g/mol. The zero-order chi connectivity index (χ0) is 57.3. The standard InChI is InChI=1S/C55H60F2N12O13/c56-48(57)46-38(63-49(72)39-29-81-52(64-39)33-14-17-60-42(25-33)61-26-31-6-7-31)28-68(66-46)34-10-8-32(9-11-34)27-62-51(74)47-41(82-55(77)37-5-2-16-58-37)15-19-67(47)44(71)30-80-24-23-79-22-21-78-20-18-59-36-4-1-3-35-45(36)54(76)69(53(35)75)40-12-13-43(70)65-50(40)73/h1,3-4,8-11,14,17,25,28-29,31,37,40-41,47-48,58-59H,2,5-7,12-13,15-16,18-24,26-27,30H2,(H,60,61)(H,62,74)(H,63,72)(H,65,70,73)/t37-,40?,41?,47?/m0/s1. The topological polar surface area (TPSA) is 309 Å². The van der Waals surface area contributed by atoms with E-state index < -0.39 is 83.7 Å². The molecule has 1 saturated carbocycles. The summed E-state index contributed by atoms with van der Waals surface area (Å²) in [7, 11) is 0. The summed E-state index contributed by atoms with van der Waals surface area (Å²) >= 11 is 0. The van der Waals surface area contributed by atoms with Gasteiger partial charge in [0.2, 0.25) is 29.5 Å². The Labute approximate surface area is 467 Å². The number of ether oxygens (including phenoxy) is 4. The van der Waals surface area contributed by atoms with Crippen LogP contribution in [0.4, 0.5) is 26.0 Å². The minimum absolute atomic E-state index is 0.0122. The Morgan fingerprint density at radius 1 is 0.866 bits per heavy atom. The molecule has 3 aromatic heterocycles. The van der Waals surface area contributed by atoms with Gasteiger partial charge in [0, 0.05) is 56.5 Å². The molecule has 25 nitrogen and oxygen atoms in total. The highest BCUT2D eigenvalue weighted by Gasteiger charge is 2.47. The molecule has 27 heteroatoms. The number of likely N-dealkylation sites (tertiary alicyclic amines) is 1. The first-order valence-corrected chi connectivity index (χ1v) is 27.1. The Morgan fingerprint density at radius 2 is 1.66 bits per heavy atom. The quantitative estimate of drug-likeness (QED) is 0.0263. The number of hydrogen-bond acceptors (Lipinski definition) is 19. The molecule has 82 heavy (non-hydrogen) atoms. The molecule has 3 saturated heterocycles. The van der Waals surface area contributed by atoms with Gasteiger partial charge >= 0.3 is 5.97 Å². The van der Waals surface area contributed by atoms with Crippen LogP contribution in [0.1, 0.15) is 93.8 Å². The van der Waals surface area contributed by atoms with Gasteiger partial charge in [-0.05, 0) is 86.5 Å². The number of pyridine rings is 1. The second kappa shape index (κ2) is 25.9. The van der Waals surface area contributed by atoms with E-state index in [9.17, 15) is 47.1 Å². The fourth-order valence-corrected chi connectivity index (χ4v) is 9.96. The van der Waals surface area contributed by atoms with Crippen LogP contribution in [0.3, 0.4) is 0 Å². The van der Waals surface area contributed by atoms with Crippen molar-refractivity contribution in [3.05, 3.63) is 101 Å². The molecule has 3 unspecified atom stereocenters. The van der Waals surface area contributed by atoms with E-state index in [0.717, 1.165) is 24.1 Å². The smallest absolute Gasteiger partial charge is 0.323 e. The third-order valence-electron chi connectivity index (χ3n) is 14.4. The van der Waals surface area contributed by atoms with Gasteiger partial charge in [-0.25, -0.2) is 23.4 Å². The molecule has 5 aromatic rings. The predicted octanol–water partition coefficient (Wildman–Crippen LogP) is 3.38. The van der Waals surface area contributed by atoms with Crippen LogP contribution in [0.5, 0.6) is 0 Å². The van der Waals surface area contributed by atoms with Gasteiger partial charge in [0.05, 0.1) is 61.7 Å². The number of piperidine rings is 1. The number of benzene rings is 2. The van der Waals surface area contributed by atoms with Gasteiger partial charge in [0.1, 0.15) is 42.9 Å². The monoisotopic (exact) mass is 1130 g/mol. The highest BCUT2D eigenvalue weighted by molar-refractivity contribution is 6.25. The van der Waals surface area contributed by atoms with Gasteiger partial charge in [-0.2, -0.15) is 5.10 Å². The molecular formula is C55H60F2N12O13. The number of aromatic nitrogens is 4. The summed E-state index contributed by atoms with van der Waals surface area (Å²) in [4.78, 5) is 115. The van der Waals surface area contributed by atoms with Crippen LogP contribution in [-0.4, -0.2) is 167 Å². The largest absolute Gasteiger partial charge is 0.458 e. The summed E-state index contributed by atoms with van der Waals surface area (Å²) in [5.41, 5.74) is 1.18. The molecule has 7 heterocycles. The number of fused-ring (bicyclic) bond motifs is 1. The number of nitrogens with one attached hydrogen (secondary N) is 6. The van der Waals surface area contributed by atoms with E-state index in [1.165, 1.54) is 34.7 Å². The number of amides is 7. The van der Waals surface area contributed by atoms with Crippen molar-refractivity contribution in [1.82, 2.24) is 45.5 Å². The number of alkyl halides is 2. The van der Waals surface area contributed by atoms with E-state index in [0.29, 0.717) is 47.2 Å². The highest BCUT2D eigenvalue weighted by atomic mass is 19.3. The average Bonchev–Trinajstić information content (AvgIpc) is 4.19. The van der Waals surface area contributed by atoms with Crippen molar-refractivity contribution in [2.45, 2.75) is 82.1 Å². The number of nitrogens with zero attached hydrogens (tertiary/aromatic N) is 6. The summed E-state index contributed by atoms with van der Waals surface area (Å²) in [5.74, 6) is -3.36. The fourth-order valence-electron chi connectivity index (χ4n) is 9.96. The maximum Gasteiger partial charge on any atom is 0.323 e. The Balaban J connectivity index is 0.668. The van der Waals surface area contributed by atoms with Gasteiger partial charge < -0.3 is 54.8 Å². The summed E-state index contributed by atoms with van der Waals surface area (Å²) in [6.07, 6.45) is 3.97. The van der Waals surface area contributed by atoms with E-state index in [-0.39, 0.29) is 107 Å². The number of carbonyl (C=O) groups is 8. The summed E-state index contributed by atoms with van der Waals surface area (Å²) < 4.78 is 58.0. The lowest BCUT2D eigenvalue weighted by Crippen LogP contribution is -2.54. The van der Waals surface area contributed by atoms with Crippen LogP contribution in [0.15, 0.2) is 77.7 Å². The number of hydrogen-bond donors (Lipinski definition) is 6. The first kappa shape index (κ1) is 56.7. The van der Waals surface area contributed by atoms with Gasteiger partial charge in [0.25, 0.3) is 24.1 Å². The van der Waals surface area contributed by atoms with Gasteiger partial charge in [-0.3, -0.25) is 48.6 Å². The Bertz CT molecular complexity index is 3200. The molecule has 2 aromatic carbocycles. The third-order valence-corrected chi connectivity index (χ3v) is 14.4. The molecule has 432 valence electrons. The predicted molar refractivity (Wildman–Crippen MR) is 284 cm³/mol. The molecule has 5 aliphatic rings. The van der Waals surface area contributed by atoms with Crippen molar-refractivity contribution in [3.63, 3.8) is 0 Å². The molecule has 7 amide bonds. The van der Waals surface area contributed by atoms with Gasteiger partial charge in [0.15, 0.2) is 11.4 Å². The SMILES string of the molecule is O=C1CCC(N2C(=O)c3cccc(NCCOCCOCCOCC(=O)N4CCC(OC(=O)[C@@H]5CCCN5)C4C(=O)NCc4ccc(-n5cc(NC(=O)c6coc(-c7ccnc(NCC8CC8)c7)n6)c(C(F)F)n5)cc4)c3C2=O)C(=O)N1. The van der Waals surface area contributed by atoms with Crippen molar-refractivity contribution in [1.29, 1.82) is 0 Å². The lowest BCUT2D eigenvalue weighted by Gasteiger charge is -2.27. The Morgan fingerprint density at radius 3 is 2.41 bits per heavy atom. The van der Waals surface area contributed by atoms with Crippen LogP contribution < -0.4 is 31.9 Å². The Kier molecular flexibility index (Phi) is 17.9. The van der Waals surface area contributed by atoms with Gasteiger partial charge in [-0.15, -0.1) is 0 Å². The van der Waals surface area contributed by atoms with Crippen LogP contribution in [0.2, 0.25) is 0 Å². The maximum atomic E-state index is 14.3. The first-order valence-electron chi connectivity index (χ1n) is 27.1. The molecule has 4 aliphatic heterocycles. The number of carbonyl (C=O) groups excluding carboxylic acids is 8. The van der Waals surface area contributed by atoms with Crippen LogP contribution in [0, 0.1) is 5.92 Å². The first-order chi connectivity index (χ1) is 39.8. The van der Waals surface area contributed by atoms with Crippen molar-refractivity contribution in [3.8, 4) is 17.1 Å². The summed E-state index contributed by atoms with van der Waals surface area (Å²) in [6.45, 7) is 2.20. The van der Waals surface area contributed by atoms with Crippen LogP contribution in [0.25, 0.3) is 17.1 Å². The van der Waals surface area contributed by atoms with Crippen molar-refractivity contribution in [2.75, 3.05) is 81.8 Å². The number of oxazole rings is 1. The number of imide groups is 2. The van der Waals surface area contributed by atoms with E-state index in [1.807, 2.05) is 0 Å². The normalized spacial score (nSPS) is 19.6. The van der Waals surface area contributed by atoms with Crippen molar-refractivity contribution < 1.29 is 70.5 Å². The van der Waals surface area contributed by atoms with E-state index in [4.69, 9.17) is 23.4 Å². The van der Waals surface area contributed by atoms with Crippen molar-refractivity contribution >= 4 is 64.5 Å². The molecular weight excluding hydrogens is 1070 g/mol. The van der Waals surface area contributed by atoms with Gasteiger partial charge in [-0.1, -0.05) is 18.2 Å². The number of rotatable bonds is 26. The second-order valence-electron chi connectivity index (χ2n) is 20.1. The number of anilines is 3. The summed E-state index contributed by atoms with van der Waals surface area (Å²) in [5, 5.41) is 21.0. The third kappa shape index (κ3) is 13.4. The minimum Gasteiger partial charge on any atom is -0.458 e. The molecule has 10 rings (SSSR count). The molecule has 0 radical (unpaired) electrons. The molecule has 4 fully saturated rings. The lowest BCUT2D eigenvalue weighted by atomic mass is 10.0. The molecule has 6 N–H and O–H groups in total. The minimum atomic E-state index is -3.04. The molecule has 1 aliphatic carbocycles. The second-order valence-corrected chi connectivity index (χ2v) is 20.1. The zero-order valence-corrected chi connectivity index (χ0v) is 44.4. The molecule has 0 spiro atoms. The number of esters is 1. The van der Waals surface area contributed by atoms with Crippen LogP contribution in [-0.2, 0) is 49.5 Å².